The molecular weight excluding hydrogens is 188 g/mol. The minimum absolute atomic E-state index is 0.450. The van der Waals surface area contributed by atoms with E-state index in [9.17, 15) is 5.11 Å². The third-order valence-electron chi connectivity index (χ3n) is 1.96. The van der Waals surface area contributed by atoms with Gasteiger partial charge in [0.05, 0.1) is 6.20 Å². The monoisotopic (exact) mass is 202 g/mol. The van der Waals surface area contributed by atoms with Crippen LogP contribution in [-0.2, 0) is 7.05 Å². The Balaban J connectivity index is 2.76. The molecule has 1 heterocycles. The Kier molecular flexibility index (Phi) is 3.33. The van der Waals surface area contributed by atoms with E-state index in [2.05, 4.69) is 18.8 Å². The highest BCUT2D eigenvalue weighted by atomic mass is 35.5. The summed E-state index contributed by atoms with van der Waals surface area (Å²) in [6.45, 7) is 4.13. The van der Waals surface area contributed by atoms with Crippen molar-refractivity contribution in [1.82, 2.24) is 9.55 Å². The molecule has 0 saturated heterocycles. The molecule has 0 saturated carbocycles. The summed E-state index contributed by atoms with van der Waals surface area (Å²) < 4.78 is 1.70. The van der Waals surface area contributed by atoms with E-state index in [4.69, 9.17) is 11.6 Å². The van der Waals surface area contributed by atoms with Crippen molar-refractivity contribution in [3.05, 3.63) is 17.2 Å². The van der Waals surface area contributed by atoms with E-state index >= 15 is 0 Å². The Labute approximate surface area is 83.4 Å². The normalized spacial score (nSPS) is 13.7. The van der Waals surface area contributed by atoms with Gasteiger partial charge in [0.15, 0.2) is 0 Å². The Bertz CT molecular complexity index is 283. The second kappa shape index (κ2) is 4.11. The standard InChI is InChI=1S/C9H15ClN2O/c1-6(2)4-7(13)9-11-5-8(10)12(9)3/h5-7,13H,4H2,1-3H3. The minimum atomic E-state index is -0.516. The van der Waals surface area contributed by atoms with Crippen LogP contribution in [0.5, 0.6) is 0 Å². The molecule has 0 aliphatic carbocycles. The van der Waals surface area contributed by atoms with Crippen LogP contribution in [-0.4, -0.2) is 14.7 Å². The van der Waals surface area contributed by atoms with Crippen LogP contribution in [0.15, 0.2) is 6.20 Å². The summed E-state index contributed by atoms with van der Waals surface area (Å²) in [5.74, 6) is 1.09. The Morgan fingerprint density at radius 1 is 1.62 bits per heavy atom. The topological polar surface area (TPSA) is 38.1 Å². The van der Waals surface area contributed by atoms with Gasteiger partial charge < -0.3 is 9.67 Å². The highest BCUT2D eigenvalue weighted by Crippen LogP contribution is 2.21. The van der Waals surface area contributed by atoms with E-state index in [-0.39, 0.29) is 0 Å². The number of aromatic nitrogens is 2. The van der Waals surface area contributed by atoms with Crippen molar-refractivity contribution in [2.45, 2.75) is 26.4 Å². The molecule has 1 aromatic heterocycles. The second-order valence-corrected chi connectivity index (χ2v) is 4.03. The van der Waals surface area contributed by atoms with E-state index in [1.54, 1.807) is 17.8 Å². The zero-order chi connectivity index (χ0) is 10.0. The van der Waals surface area contributed by atoms with Gasteiger partial charge >= 0.3 is 0 Å². The van der Waals surface area contributed by atoms with Crippen LogP contribution < -0.4 is 0 Å². The molecule has 1 aromatic rings. The zero-order valence-electron chi connectivity index (χ0n) is 8.16. The SMILES string of the molecule is CC(C)CC(O)c1ncc(Cl)n1C. The van der Waals surface area contributed by atoms with Crippen LogP contribution >= 0.6 is 11.6 Å². The minimum Gasteiger partial charge on any atom is -0.385 e. The third-order valence-corrected chi connectivity index (χ3v) is 2.31. The van der Waals surface area contributed by atoms with Crippen molar-refractivity contribution < 1.29 is 5.11 Å². The molecule has 1 atom stereocenters. The first kappa shape index (κ1) is 10.5. The first-order valence-corrected chi connectivity index (χ1v) is 4.75. The van der Waals surface area contributed by atoms with Gasteiger partial charge in [-0.05, 0) is 12.3 Å². The lowest BCUT2D eigenvalue weighted by Gasteiger charge is -2.12. The van der Waals surface area contributed by atoms with Gasteiger partial charge in [-0.1, -0.05) is 25.4 Å². The summed E-state index contributed by atoms with van der Waals surface area (Å²) in [5.41, 5.74) is 0. The third kappa shape index (κ3) is 2.45. The summed E-state index contributed by atoms with van der Waals surface area (Å²) in [5, 5.41) is 10.3. The van der Waals surface area contributed by atoms with E-state index in [0.29, 0.717) is 23.3 Å². The maximum Gasteiger partial charge on any atom is 0.138 e. The molecule has 0 aromatic carbocycles. The lowest BCUT2D eigenvalue weighted by Crippen LogP contribution is -2.08. The fourth-order valence-electron chi connectivity index (χ4n) is 1.26. The van der Waals surface area contributed by atoms with Crippen LogP contribution in [0.3, 0.4) is 0 Å². The lowest BCUT2D eigenvalue weighted by atomic mass is 10.1. The van der Waals surface area contributed by atoms with Crippen LogP contribution in [0.25, 0.3) is 0 Å². The number of hydrogen-bond acceptors (Lipinski definition) is 2. The predicted octanol–water partition coefficient (Wildman–Crippen LogP) is 2.15. The first-order chi connectivity index (χ1) is 6.02. The van der Waals surface area contributed by atoms with Gasteiger partial charge in [-0.15, -0.1) is 0 Å². The molecular formula is C9H15ClN2O. The molecule has 0 amide bonds. The number of nitrogens with zero attached hydrogens (tertiary/aromatic N) is 2. The molecule has 0 aliphatic rings. The first-order valence-electron chi connectivity index (χ1n) is 4.37. The molecule has 0 bridgehead atoms. The quantitative estimate of drug-likeness (QED) is 0.816. The molecule has 3 nitrogen and oxygen atoms in total. The molecule has 4 heteroatoms. The van der Waals surface area contributed by atoms with E-state index in [0.717, 1.165) is 0 Å². The summed E-state index contributed by atoms with van der Waals surface area (Å²) >= 11 is 5.80. The molecule has 1 unspecified atom stereocenters. The second-order valence-electron chi connectivity index (χ2n) is 3.64. The van der Waals surface area contributed by atoms with Crippen LogP contribution in [0, 0.1) is 5.92 Å². The maximum absolute atomic E-state index is 9.74. The molecule has 0 aliphatic heterocycles. The summed E-state index contributed by atoms with van der Waals surface area (Å²) in [7, 11) is 1.80. The molecule has 0 spiro atoms. The molecule has 1 N–H and O–H groups in total. The number of imidazole rings is 1. The van der Waals surface area contributed by atoms with Crippen LogP contribution in [0.4, 0.5) is 0 Å². The Hall–Kier alpha value is -0.540. The Morgan fingerprint density at radius 3 is 2.62 bits per heavy atom. The average Bonchev–Trinajstić information content (AvgIpc) is 2.31. The van der Waals surface area contributed by atoms with E-state index < -0.39 is 6.10 Å². The fraction of sp³-hybridized carbons (Fsp3) is 0.667. The zero-order valence-corrected chi connectivity index (χ0v) is 8.91. The average molecular weight is 203 g/mol. The molecule has 0 fully saturated rings. The van der Waals surface area contributed by atoms with Crippen molar-refractivity contribution >= 4 is 11.6 Å². The number of aliphatic hydroxyl groups is 1. The number of aliphatic hydroxyl groups excluding tert-OH is 1. The van der Waals surface area contributed by atoms with Gasteiger partial charge in [-0.3, -0.25) is 0 Å². The van der Waals surface area contributed by atoms with Gasteiger partial charge in [0.1, 0.15) is 17.1 Å². The number of rotatable bonds is 3. The van der Waals surface area contributed by atoms with Crippen LogP contribution in [0.1, 0.15) is 32.2 Å². The predicted molar refractivity (Wildman–Crippen MR) is 52.6 cm³/mol. The lowest BCUT2D eigenvalue weighted by molar-refractivity contribution is 0.139. The number of hydrogen-bond donors (Lipinski definition) is 1. The van der Waals surface area contributed by atoms with Crippen LogP contribution in [0.2, 0.25) is 5.15 Å². The summed E-state index contributed by atoms with van der Waals surface area (Å²) in [4.78, 5) is 4.05. The molecule has 1 rings (SSSR count). The van der Waals surface area contributed by atoms with Gasteiger partial charge in [-0.25, -0.2) is 4.98 Å². The van der Waals surface area contributed by atoms with Crippen molar-refractivity contribution in [3.8, 4) is 0 Å². The summed E-state index contributed by atoms with van der Waals surface area (Å²) in [6, 6.07) is 0. The summed E-state index contributed by atoms with van der Waals surface area (Å²) in [6.07, 6.45) is 1.75. The van der Waals surface area contributed by atoms with E-state index in [1.807, 2.05) is 0 Å². The highest BCUT2D eigenvalue weighted by Gasteiger charge is 2.15. The molecule has 74 valence electrons. The number of halogens is 1. The maximum atomic E-state index is 9.74. The molecule has 0 radical (unpaired) electrons. The smallest absolute Gasteiger partial charge is 0.138 e. The largest absolute Gasteiger partial charge is 0.385 e. The van der Waals surface area contributed by atoms with Gasteiger partial charge in [-0.2, -0.15) is 0 Å². The Morgan fingerprint density at radius 2 is 2.23 bits per heavy atom. The van der Waals surface area contributed by atoms with Gasteiger partial charge in [0, 0.05) is 7.05 Å². The van der Waals surface area contributed by atoms with Gasteiger partial charge in [0.25, 0.3) is 0 Å². The van der Waals surface area contributed by atoms with Crippen molar-refractivity contribution in [1.29, 1.82) is 0 Å². The van der Waals surface area contributed by atoms with Crippen molar-refractivity contribution in [3.63, 3.8) is 0 Å². The fourth-order valence-corrected chi connectivity index (χ4v) is 1.40. The van der Waals surface area contributed by atoms with Gasteiger partial charge in [0.2, 0.25) is 0 Å². The van der Waals surface area contributed by atoms with E-state index in [1.165, 1.54) is 0 Å². The molecule has 13 heavy (non-hydrogen) atoms. The van der Waals surface area contributed by atoms with Crippen molar-refractivity contribution in [2.75, 3.05) is 0 Å². The highest BCUT2D eigenvalue weighted by molar-refractivity contribution is 6.29. The van der Waals surface area contributed by atoms with Crippen molar-refractivity contribution in [2.24, 2.45) is 13.0 Å².